The van der Waals surface area contributed by atoms with Gasteiger partial charge in [0.2, 0.25) is 0 Å². The van der Waals surface area contributed by atoms with Crippen molar-refractivity contribution in [2.75, 3.05) is 27.3 Å². The minimum atomic E-state index is -0.152. The van der Waals surface area contributed by atoms with Gasteiger partial charge in [0, 0.05) is 25.2 Å². The van der Waals surface area contributed by atoms with Crippen LogP contribution in [0.4, 0.5) is 0 Å². The lowest BCUT2D eigenvalue weighted by Gasteiger charge is -2.13. The van der Waals surface area contributed by atoms with Crippen molar-refractivity contribution in [3.63, 3.8) is 0 Å². The monoisotopic (exact) mass is 395 g/mol. The van der Waals surface area contributed by atoms with E-state index in [1.54, 1.807) is 44.4 Å². The van der Waals surface area contributed by atoms with Gasteiger partial charge >= 0.3 is 0 Å². The first-order valence-electron chi connectivity index (χ1n) is 9.90. The van der Waals surface area contributed by atoms with Crippen molar-refractivity contribution in [2.45, 2.75) is 26.7 Å². The number of amides is 1. The minimum absolute atomic E-state index is 0.0979. The molecule has 0 radical (unpaired) electrons. The van der Waals surface area contributed by atoms with Gasteiger partial charge in [-0.3, -0.25) is 9.59 Å². The number of hydrogen-bond acceptors (Lipinski definition) is 4. The van der Waals surface area contributed by atoms with E-state index in [-0.39, 0.29) is 11.7 Å². The first-order valence-corrected chi connectivity index (χ1v) is 9.90. The molecule has 0 atom stereocenters. The van der Waals surface area contributed by atoms with Gasteiger partial charge in [-0.05, 0) is 49.3 Å². The number of rotatable bonds is 10. The quantitative estimate of drug-likeness (QED) is 0.426. The summed E-state index contributed by atoms with van der Waals surface area (Å²) in [5, 5.41) is 0. The van der Waals surface area contributed by atoms with Crippen LogP contribution in [-0.2, 0) is 0 Å². The van der Waals surface area contributed by atoms with E-state index in [2.05, 4.69) is 0 Å². The summed E-state index contributed by atoms with van der Waals surface area (Å²) in [5.74, 6) is 1.13. The lowest BCUT2D eigenvalue weighted by atomic mass is 10.1. The summed E-state index contributed by atoms with van der Waals surface area (Å²) in [4.78, 5) is 26.1. The Hall–Kier alpha value is -3.08. The Labute approximate surface area is 172 Å². The molecule has 29 heavy (non-hydrogen) atoms. The van der Waals surface area contributed by atoms with Crippen LogP contribution in [0.1, 0.15) is 53.0 Å². The highest BCUT2D eigenvalue weighted by Gasteiger charge is 2.11. The molecule has 0 saturated heterocycles. The van der Waals surface area contributed by atoms with Crippen molar-refractivity contribution in [1.29, 1.82) is 0 Å². The molecule has 0 bridgehead atoms. The van der Waals surface area contributed by atoms with Crippen molar-refractivity contribution in [1.82, 2.24) is 4.90 Å². The van der Waals surface area contributed by atoms with Gasteiger partial charge in [-0.15, -0.1) is 0 Å². The van der Waals surface area contributed by atoms with Crippen molar-refractivity contribution < 1.29 is 19.1 Å². The molecule has 0 unspecified atom stereocenters. The number of ether oxygens (including phenoxy) is 2. The molecular formula is C24H29NO4. The van der Waals surface area contributed by atoms with Crippen LogP contribution in [0.25, 0.3) is 6.08 Å². The van der Waals surface area contributed by atoms with E-state index in [1.807, 2.05) is 32.0 Å². The summed E-state index contributed by atoms with van der Waals surface area (Å²) >= 11 is 0. The number of carbonyl (C=O) groups is 2. The largest absolute Gasteiger partial charge is 0.493 e. The van der Waals surface area contributed by atoms with E-state index < -0.39 is 0 Å². The molecule has 0 aliphatic heterocycles. The van der Waals surface area contributed by atoms with Crippen molar-refractivity contribution in [3.05, 3.63) is 65.2 Å². The lowest BCUT2D eigenvalue weighted by Crippen LogP contribution is -2.21. The SMILES string of the molecule is CCCOc1cccc(OCCC)c1C=CC(=O)c1ccc(C(=O)N(C)C)cc1. The Morgan fingerprint density at radius 1 is 0.862 bits per heavy atom. The highest BCUT2D eigenvalue weighted by molar-refractivity contribution is 6.07. The molecule has 0 aliphatic rings. The number of benzene rings is 2. The Balaban J connectivity index is 2.24. The molecular weight excluding hydrogens is 366 g/mol. The van der Waals surface area contributed by atoms with Crippen LogP contribution in [0, 0.1) is 0 Å². The van der Waals surface area contributed by atoms with Gasteiger partial charge < -0.3 is 14.4 Å². The van der Waals surface area contributed by atoms with Crippen LogP contribution in [0.2, 0.25) is 0 Å². The zero-order valence-corrected chi connectivity index (χ0v) is 17.6. The van der Waals surface area contributed by atoms with Gasteiger partial charge in [0.05, 0.1) is 18.8 Å². The van der Waals surface area contributed by atoms with E-state index in [1.165, 1.54) is 11.0 Å². The van der Waals surface area contributed by atoms with Crippen LogP contribution in [0.3, 0.4) is 0 Å². The highest BCUT2D eigenvalue weighted by Crippen LogP contribution is 2.30. The predicted molar refractivity (Wildman–Crippen MR) is 116 cm³/mol. The van der Waals surface area contributed by atoms with Gasteiger partial charge in [0.25, 0.3) is 5.91 Å². The summed E-state index contributed by atoms with van der Waals surface area (Å²) < 4.78 is 11.6. The van der Waals surface area contributed by atoms with Crippen LogP contribution < -0.4 is 9.47 Å². The molecule has 2 rings (SSSR count). The van der Waals surface area contributed by atoms with E-state index in [0.29, 0.717) is 35.8 Å². The number of nitrogens with zero attached hydrogens (tertiary/aromatic N) is 1. The summed E-state index contributed by atoms with van der Waals surface area (Å²) in [6.45, 7) is 5.27. The Kier molecular flexibility index (Phi) is 8.46. The van der Waals surface area contributed by atoms with Crippen molar-refractivity contribution in [3.8, 4) is 11.5 Å². The first-order chi connectivity index (χ1) is 14.0. The van der Waals surface area contributed by atoms with Crippen LogP contribution in [0.5, 0.6) is 11.5 Å². The third-order valence-corrected chi connectivity index (χ3v) is 4.17. The maximum Gasteiger partial charge on any atom is 0.253 e. The third-order valence-electron chi connectivity index (χ3n) is 4.17. The second-order valence-electron chi connectivity index (χ2n) is 6.84. The highest BCUT2D eigenvalue weighted by atomic mass is 16.5. The summed E-state index contributed by atoms with van der Waals surface area (Å²) in [6, 6.07) is 12.3. The second-order valence-corrected chi connectivity index (χ2v) is 6.84. The number of ketones is 1. The standard InChI is InChI=1S/C24H29NO4/c1-5-16-28-22-8-7-9-23(29-17-6-2)20(22)14-15-21(26)18-10-12-19(13-11-18)24(27)25(3)4/h7-15H,5-6,16-17H2,1-4H3. The molecule has 2 aromatic carbocycles. The molecule has 0 N–H and O–H groups in total. The van der Waals surface area contributed by atoms with Gasteiger partial charge in [-0.25, -0.2) is 0 Å². The average Bonchev–Trinajstić information content (AvgIpc) is 2.74. The third kappa shape index (κ3) is 6.21. The smallest absolute Gasteiger partial charge is 0.253 e. The molecule has 2 aromatic rings. The molecule has 0 heterocycles. The Morgan fingerprint density at radius 2 is 1.38 bits per heavy atom. The van der Waals surface area contributed by atoms with Crippen LogP contribution in [-0.4, -0.2) is 43.9 Å². The number of allylic oxidation sites excluding steroid dienone is 1. The van der Waals surface area contributed by atoms with E-state index >= 15 is 0 Å². The number of hydrogen-bond donors (Lipinski definition) is 0. The molecule has 5 nitrogen and oxygen atoms in total. The van der Waals surface area contributed by atoms with Gasteiger partial charge in [-0.2, -0.15) is 0 Å². The van der Waals surface area contributed by atoms with Gasteiger partial charge in [0.15, 0.2) is 5.78 Å². The molecule has 0 aliphatic carbocycles. The van der Waals surface area contributed by atoms with E-state index in [4.69, 9.17) is 9.47 Å². The Bertz CT molecular complexity index is 827. The van der Waals surface area contributed by atoms with E-state index in [0.717, 1.165) is 18.4 Å². The predicted octanol–water partition coefficient (Wildman–Crippen LogP) is 4.86. The van der Waals surface area contributed by atoms with Crippen LogP contribution in [0.15, 0.2) is 48.5 Å². The topological polar surface area (TPSA) is 55.8 Å². The Morgan fingerprint density at radius 3 is 1.86 bits per heavy atom. The first kappa shape index (κ1) is 22.2. The van der Waals surface area contributed by atoms with Gasteiger partial charge in [-0.1, -0.05) is 32.0 Å². The van der Waals surface area contributed by atoms with E-state index in [9.17, 15) is 9.59 Å². The van der Waals surface area contributed by atoms with Gasteiger partial charge in [0.1, 0.15) is 11.5 Å². The summed E-state index contributed by atoms with van der Waals surface area (Å²) in [5.41, 5.74) is 1.81. The summed E-state index contributed by atoms with van der Waals surface area (Å²) in [7, 11) is 3.39. The molecule has 1 amide bonds. The second kappa shape index (κ2) is 11.1. The summed E-state index contributed by atoms with van der Waals surface area (Å²) in [6.07, 6.45) is 5.02. The molecule has 0 saturated carbocycles. The molecule has 154 valence electrons. The zero-order chi connectivity index (χ0) is 21.2. The normalized spacial score (nSPS) is 10.8. The molecule has 5 heteroatoms. The maximum absolute atomic E-state index is 12.6. The van der Waals surface area contributed by atoms with Crippen molar-refractivity contribution in [2.24, 2.45) is 0 Å². The average molecular weight is 395 g/mol. The minimum Gasteiger partial charge on any atom is -0.493 e. The van der Waals surface area contributed by atoms with Crippen LogP contribution >= 0.6 is 0 Å². The molecule has 0 spiro atoms. The molecule has 0 fully saturated rings. The zero-order valence-electron chi connectivity index (χ0n) is 17.6. The number of carbonyl (C=O) groups excluding carboxylic acids is 2. The fourth-order valence-electron chi connectivity index (χ4n) is 2.65. The fraction of sp³-hybridized carbons (Fsp3) is 0.333. The lowest BCUT2D eigenvalue weighted by molar-refractivity contribution is 0.0827. The fourth-order valence-corrected chi connectivity index (χ4v) is 2.65. The van der Waals surface area contributed by atoms with Crippen molar-refractivity contribution >= 4 is 17.8 Å². The maximum atomic E-state index is 12.6. The molecule has 0 aromatic heterocycles.